The number of rotatable bonds is 11. The van der Waals surface area contributed by atoms with Crippen molar-refractivity contribution in [3.05, 3.63) is 88.7 Å². The highest BCUT2D eigenvalue weighted by Crippen LogP contribution is 2.28. The van der Waals surface area contributed by atoms with Crippen molar-refractivity contribution in [1.29, 1.82) is 0 Å². The highest BCUT2D eigenvalue weighted by Gasteiger charge is 2.16. The number of sulfonamides is 1. The summed E-state index contributed by atoms with van der Waals surface area (Å²) >= 11 is 13.3. The minimum absolute atomic E-state index is 0.0324. The zero-order valence-electron chi connectivity index (χ0n) is 19.9. The summed E-state index contributed by atoms with van der Waals surface area (Å²) in [6.45, 7) is 0.415. The highest BCUT2D eigenvalue weighted by atomic mass is 35.5. The second-order valence-corrected chi connectivity index (χ2v) is 11.4. The van der Waals surface area contributed by atoms with Gasteiger partial charge in [-0.25, -0.2) is 13.6 Å². The van der Waals surface area contributed by atoms with E-state index in [4.69, 9.17) is 33.1 Å². The molecular weight excluding hydrogens is 569 g/mol. The van der Waals surface area contributed by atoms with Gasteiger partial charge in [-0.1, -0.05) is 53.2 Å². The molecule has 0 radical (unpaired) electrons. The van der Waals surface area contributed by atoms with E-state index in [2.05, 4.69) is 15.5 Å². The van der Waals surface area contributed by atoms with E-state index in [1.807, 2.05) is 34.9 Å². The Balaban J connectivity index is 1.39. The molecule has 0 saturated heterocycles. The normalized spacial score (nSPS) is 11.3. The number of aromatic nitrogens is 3. The number of hydrogen-bond acceptors (Lipinski definition) is 7. The number of ether oxygens (including phenoxy) is 1. The Morgan fingerprint density at radius 1 is 1.03 bits per heavy atom. The van der Waals surface area contributed by atoms with Crippen molar-refractivity contribution >= 4 is 56.6 Å². The van der Waals surface area contributed by atoms with E-state index in [1.165, 1.54) is 36.0 Å². The Morgan fingerprint density at radius 2 is 1.76 bits per heavy atom. The molecule has 0 atom stereocenters. The van der Waals surface area contributed by atoms with Crippen molar-refractivity contribution in [1.82, 2.24) is 14.8 Å². The quantitative estimate of drug-likeness (QED) is 0.186. The summed E-state index contributed by atoms with van der Waals surface area (Å²) in [6, 6.07) is 20.3. The SMILES string of the molecule is NS(=O)(=O)c1ccc(NC(=O)CSc2nnc(CCCOc3ccc(Cl)cc3Cl)n2-c2ccccc2)cc1. The Hall–Kier alpha value is -3.09. The fraction of sp³-hybridized carbons (Fsp3) is 0.160. The number of hydrogen-bond donors (Lipinski definition) is 2. The van der Waals surface area contributed by atoms with Gasteiger partial charge in [-0.15, -0.1) is 10.2 Å². The molecule has 0 spiro atoms. The molecule has 38 heavy (non-hydrogen) atoms. The van der Waals surface area contributed by atoms with Gasteiger partial charge in [0.2, 0.25) is 15.9 Å². The lowest BCUT2D eigenvalue weighted by Gasteiger charge is -2.11. The molecule has 1 aromatic heterocycles. The number of aryl methyl sites for hydroxylation is 1. The number of nitrogens with zero attached hydrogens (tertiary/aromatic N) is 3. The molecule has 4 aromatic rings. The molecule has 0 aliphatic rings. The third-order valence-corrected chi connectivity index (χ3v) is 7.60. The van der Waals surface area contributed by atoms with E-state index < -0.39 is 10.0 Å². The van der Waals surface area contributed by atoms with Gasteiger partial charge >= 0.3 is 0 Å². The van der Waals surface area contributed by atoms with Crippen molar-refractivity contribution in [2.24, 2.45) is 5.14 Å². The van der Waals surface area contributed by atoms with E-state index >= 15 is 0 Å². The van der Waals surface area contributed by atoms with Crippen LogP contribution in [0.5, 0.6) is 5.75 Å². The number of amides is 1. The lowest BCUT2D eigenvalue weighted by atomic mass is 10.2. The molecule has 0 fully saturated rings. The number of halogens is 2. The number of benzene rings is 3. The Bertz CT molecular complexity index is 1510. The molecule has 13 heteroatoms. The molecular formula is C25H23Cl2N5O4S2. The third-order valence-electron chi connectivity index (χ3n) is 5.21. The number of carbonyl (C=O) groups excluding carboxylic acids is 1. The summed E-state index contributed by atoms with van der Waals surface area (Å²) in [4.78, 5) is 12.5. The lowest BCUT2D eigenvalue weighted by Crippen LogP contribution is -2.15. The first-order valence-corrected chi connectivity index (χ1v) is 14.6. The van der Waals surface area contributed by atoms with Gasteiger partial charge in [0.1, 0.15) is 11.6 Å². The van der Waals surface area contributed by atoms with Crippen LogP contribution in [0, 0.1) is 0 Å². The summed E-state index contributed by atoms with van der Waals surface area (Å²) in [5, 5.41) is 18.1. The van der Waals surface area contributed by atoms with Crippen LogP contribution in [0.25, 0.3) is 5.69 Å². The van der Waals surface area contributed by atoms with Crippen molar-refractivity contribution in [2.75, 3.05) is 17.7 Å². The van der Waals surface area contributed by atoms with Crippen LogP contribution in [0.2, 0.25) is 10.0 Å². The maximum atomic E-state index is 12.5. The first-order chi connectivity index (χ1) is 18.2. The van der Waals surface area contributed by atoms with E-state index in [0.29, 0.717) is 46.1 Å². The van der Waals surface area contributed by atoms with E-state index in [1.54, 1.807) is 18.2 Å². The number of carbonyl (C=O) groups is 1. The largest absolute Gasteiger partial charge is 0.492 e. The molecule has 1 amide bonds. The topological polar surface area (TPSA) is 129 Å². The number of primary sulfonamides is 1. The van der Waals surface area contributed by atoms with Crippen LogP contribution >= 0.6 is 35.0 Å². The van der Waals surface area contributed by atoms with E-state index in [9.17, 15) is 13.2 Å². The smallest absolute Gasteiger partial charge is 0.238 e. The third kappa shape index (κ3) is 7.49. The van der Waals surface area contributed by atoms with Gasteiger partial charge in [0, 0.05) is 22.8 Å². The molecule has 0 saturated carbocycles. The minimum Gasteiger partial charge on any atom is -0.492 e. The lowest BCUT2D eigenvalue weighted by molar-refractivity contribution is -0.113. The van der Waals surface area contributed by atoms with E-state index in [0.717, 1.165) is 11.5 Å². The monoisotopic (exact) mass is 591 g/mol. The van der Waals surface area contributed by atoms with Gasteiger partial charge in [0.05, 0.1) is 22.3 Å². The van der Waals surface area contributed by atoms with Crippen molar-refractivity contribution in [3.8, 4) is 11.4 Å². The maximum absolute atomic E-state index is 12.5. The fourth-order valence-corrected chi connectivity index (χ4v) is 5.20. The van der Waals surface area contributed by atoms with Gasteiger partial charge in [-0.05, 0) is 61.0 Å². The fourth-order valence-electron chi connectivity index (χ4n) is 3.45. The minimum atomic E-state index is -3.80. The van der Waals surface area contributed by atoms with E-state index in [-0.39, 0.29) is 16.6 Å². The second kappa shape index (κ2) is 12.6. The molecule has 0 aliphatic heterocycles. The van der Waals surface area contributed by atoms with Crippen molar-refractivity contribution in [2.45, 2.75) is 22.9 Å². The van der Waals surface area contributed by atoms with Gasteiger partial charge in [0.15, 0.2) is 5.16 Å². The Morgan fingerprint density at radius 3 is 2.45 bits per heavy atom. The zero-order valence-corrected chi connectivity index (χ0v) is 23.0. The maximum Gasteiger partial charge on any atom is 0.238 e. The first-order valence-electron chi connectivity index (χ1n) is 11.3. The molecule has 3 N–H and O–H groups in total. The predicted molar refractivity (Wildman–Crippen MR) is 149 cm³/mol. The average molecular weight is 593 g/mol. The molecule has 1 heterocycles. The zero-order chi connectivity index (χ0) is 27.1. The summed E-state index contributed by atoms with van der Waals surface area (Å²) in [6.07, 6.45) is 1.24. The number of thioether (sulfide) groups is 1. The highest BCUT2D eigenvalue weighted by molar-refractivity contribution is 7.99. The second-order valence-electron chi connectivity index (χ2n) is 8.00. The standard InChI is InChI=1S/C25H23Cl2N5O4S2/c26-17-8-13-22(21(27)15-17)36-14-4-7-23-30-31-25(32(23)19-5-2-1-3-6-19)37-16-24(33)29-18-9-11-20(12-10-18)38(28,34)35/h1-3,5-6,8-13,15H,4,7,14,16H2,(H,29,33)(H2,28,34,35). The molecule has 198 valence electrons. The van der Waals surface area contributed by atoms with Crippen LogP contribution in [0.15, 0.2) is 82.8 Å². The number of anilines is 1. The van der Waals surface area contributed by atoms with Crippen LogP contribution in [0.1, 0.15) is 12.2 Å². The van der Waals surface area contributed by atoms with Crippen LogP contribution in [0.4, 0.5) is 5.69 Å². The van der Waals surface area contributed by atoms with Crippen LogP contribution in [-0.4, -0.2) is 41.4 Å². The van der Waals surface area contributed by atoms with Gasteiger partial charge in [-0.3, -0.25) is 9.36 Å². The summed E-state index contributed by atoms with van der Waals surface area (Å²) in [5.74, 6) is 1.07. The summed E-state index contributed by atoms with van der Waals surface area (Å²) < 4.78 is 30.5. The molecule has 9 nitrogen and oxygen atoms in total. The molecule has 3 aromatic carbocycles. The van der Waals surface area contributed by atoms with Crippen LogP contribution < -0.4 is 15.2 Å². The molecule has 0 unspecified atom stereocenters. The molecule has 4 rings (SSSR count). The number of nitrogens with two attached hydrogens (primary N) is 1. The number of para-hydroxylation sites is 1. The van der Waals surface area contributed by atoms with Crippen molar-refractivity contribution < 1.29 is 17.9 Å². The van der Waals surface area contributed by atoms with Crippen LogP contribution in [-0.2, 0) is 21.2 Å². The Labute approximate surface area is 234 Å². The summed E-state index contributed by atoms with van der Waals surface area (Å²) in [7, 11) is -3.80. The van der Waals surface area contributed by atoms with Crippen molar-refractivity contribution in [3.63, 3.8) is 0 Å². The Kier molecular flexibility index (Phi) is 9.29. The van der Waals surface area contributed by atoms with Crippen LogP contribution in [0.3, 0.4) is 0 Å². The number of nitrogens with one attached hydrogen (secondary N) is 1. The van der Waals surface area contributed by atoms with Gasteiger partial charge in [0.25, 0.3) is 0 Å². The van der Waals surface area contributed by atoms with Gasteiger partial charge < -0.3 is 10.1 Å². The first kappa shape index (κ1) is 27.9. The molecule has 0 bridgehead atoms. The molecule has 0 aliphatic carbocycles. The summed E-state index contributed by atoms with van der Waals surface area (Å²) in [5.41, 5.74) is 1.32. The average Bonchev–Trinajstić information content (AvgIpc) is 3.29. The van der Waals surface area contributed by atoms with Gasteiger partial charge in [-0.2, -0.15) is 0 Å². The predicted octanol–water partition coefficient (Wildman–Crippen LogP) is 4.96.